The lowest BCUT2D eigenvalue weighted by Crippen LogP contribution is -2.39. The van der Waals surface area contributed by atoms with Crippen molar-refractivity contribution in [3.05, 3.63) is 45.7 Å². The van der Waals surface area contributed by atoms with Gasteiger partial charge in [-0.3, -0.25) is 19.4 Å². The van der Waals surface area contributed by atoms with Crippen molar-refractivity contribution in [1.82, 2.24) is 9.97 Å². The summed E-state index contributed by atoms with van der Waals surface area (Å²) in [7, 11) is 0. The highest BCUT2D eigenvalue weighted by Gasteiger charge is 2.37. The average molecular weight is 435 g/mol. The van der Waals surface area contributed by atoms with Gasteiger partial charge in [0.1, 0.15) is 5.82 Å². The number of carbonyl (C=O) groups is 2. The van der Waals surface area contributed by atoms with E-state index in [2.05, 4.69) is 20.6 Å². The van der Waals surface area contributed by atoms with E-state index in [-0.39, 0.29) is 17.8 Å². The minimum absolute atomic E-state index is 0.0372. The van der Waals surface area contributed by atoms with Crippen molar-refractivity contribution in [2.75, 3.05) is 28.6 Å². The zero-order valence-corrected chi connectivity index (χ0v) is 16.4. The summed E-state index contributed by atoms with van der Waals surface area (Å²) in [4.78, 5) is 46.7. The zero-order chi connectivity index (χ0) is 22.2. The molecule has 11 heteroatoms. The summed E-state index contributed by atoms with van der Waals surface area (Å²) >= 11 is 0. The molecule has 0 aliphatic carbocycles. The molecule has 2 aliphatic heterocycles. The second kappa shape index (κ2) is 8.05. The summed E-state index contributed by atoms with van der Waals surface area (Å²) in [6.07, 6.45) is -2.09. The number of rotatable bonds is 3. The van der Waals surface area contributed by atoms with Crippen LogP contribution in [0.25, 0.3) is 0 Å². The third-order valence-electron chi connectivity index (χ3n) is 5.40. The van der Waals surface area contributed by atoms with Crippen LogP contribution in [0.4, 0.5) is 30.6 Å². The molecule has 2 amide bonds. The molecule has 3 N–H and O–H groups in total. The van der Waals surface area contributed by atoms with E-state index in [1.165, 1.54) is 12.1 Å². The Morgan fingerprint density at radius 3 is 2.55 bits per heavy atom. The first-order chi connectivity index (χ1) is 14.7. The predicted octanol–water partition coefficient (Wildman–Crippen LogP) is 2.84. The van der Waals surface area contributed by atoms with Gasteiger partial charge in [-0.25, -0.2) is 0 Å². The SMILES string of the molecule is O=C1C[C@@H](C(=O)Nc2ccccc2C(F)(F)F)c2c(nc(N3CCCCC3)[nH]c2=O)N1. The maximum Gasteiger partial charge on any atom is 0.418 e. The summed E-state index contributed by atoms with van der Waals surface area (Å²) < 4.78 is 39.7. The number of H-pyrrole nitrogens is 1. The van der Waals surface area contributed by atoms with E-state index in [0.29, 0.717) is 19.0 Å². The first-order valence-corrected chi connectivity index (χ1v) is 9.90. The first kappa shape index (κ1) is 20.9. The Balaban J connectivity index is 1.66. The number of alkyl halides is 3. The molecule has 3 heterocycles. The van der Waals surface area contributed by atoms with Crippen molar-refractivity contribution in [3.8, 4) is 0 Å². The number of carbonyl (C=O) groups excluding carboxylic acids is 2. The highest BCUT2D eigenvalue weighted by atomic mass is 19.4. The van der Waals surface area contributed by atoms with Crippen molar-refractivity contribution in [1.29, 1.82) is 0 Å². The molecule has 2 aliphatic rings. The van der Waals surface area contributed by atoms with Crippen LogP contribution >= 0.6 is 0 Å². The maximum atomic E-state index is 13.2. The number of hydrogen-bond donors (Lipinski definition) is 3. The molecular formula is C20H20F3N5O3. The Kier molecular flexibility index (Phi) is 5.42. The van der Waals surface area contributed by atoms with Gasteiger partial charge in [-0.2, -0.15) is 18.2 Å². The maximum absolute atomic E-state index is 13.2. The van der Waals surface area contributed by atoms with E-state index in [0.717, 1.165) is 31.4 Å². The minimum atomic E-state index is -4.67. The van der Waals surface area contributed by atoms with Crippen LogP contribution in [-0.2, 0) is 15.8 Å². The van der Waals surface area contributed by atoms with Crippen LogP contribution in [0, 0.1) is 0 Å². The normalized spacial score (nSPS) is 18.9. The molecule has 8 nitrogen and oxygen atoms in total. The highest BCUT2D eigenvalue weighted by Crippen LogP contribution is 2.36. The molecule has 31 heavy (non-hydrogen) atoms. The van der Waals surface area contributed by atoms with Gasteiger partial charge in [-0.05, 0) is 31.4 Å². The standard InChI is InChI=1S/C20H20F3N5O3/c21-20(22,23)12-6-2-3-7-13(12)24-17(30)11-10-14(29)25-16-15(11)18(31)27-19(26-16)28-8-4-1-5-9-28/h2-3,6-7,11H,1,4-5,8-10H2,(H,24,30)(H2,25,26,27,29,31)/t11-/m1/s1. The van der Waals surface area contributed by atoms with Crippen molar-refractivity contribution in [2.24, 2.45) is 0 Å². The monoisotopic (exact) mass is 435 g/mol. The smallest absolute Gasteiger partial charge is 0.342 e. The number of para-hydroxylation sites is 1. The molecule has 1 atom stereocenters. The van der Waals surface area contributed by atoms with Crippen LogP contribution in [0.2, 0.25) is 0 Å². The molecule has 164 valence electrons. The summed E-state index contributed by atoms with van der Waals surface area (Å²) in [5.74, 6) is -2.43. The summed E-state index contributed by atoms with van der Waals surface area (Å²) in [5.41, 5.74) is -2.13. The van der Waals surface area contributed by atoms with Crippen molar-refractivity contribution >= 4 is 29.3 Å². The number of fused-ring (bicyclic) bond motifs is 1. The lowest BCUT2D eigenvalue weighted by atomic mass is 9.92. The molecule has 2 aromatic rings. The number of nitrogens with zero attached hydrogens (tertiary/aromatic N) is 2. The molecule has 1 aromatic carbocycles. The largest absolute Gasteiger partial charge is 0.418 e. The Bertz CT molecular complexity index is 1080. The number of nitrogens with one attached hydrogen (secondary N) is 3. The van der Waals surface area contributed by atoms with E-state index in [1.807, 2.05) is 4.90 Å². The first-order valence-electron chi connectivity index (χ1n) is 9.90. The average Bonchev–Trinajstić information content (AvgIpc) is 2.73. The summed E-state index contributed by atoms with van der Waals surface area (Å²) in [6, 6.07) is 4.52. The Labute approximate surface area is 174 Å². The number of hydrogen-bond acceptors (Lipinski definition) is 5. The molecule has 0 radical (unpaired) electrons. The topological polar surface area (TPSA) is 107 Å². The second-order valence-corrected chi connectivity index (χ2v) is 7.54. The molecule has 1 saturated heterocycles. The number of benzene rings is 1. The molecule has 0 unspecified atom stereocenters. The fourth-order valence-electron chi connectivity index (χ4n) is 3.90. The predicted molar refractivity (Wildman–Crippen MR) is 107 cm³/mol. The van der Waals surface area contributed by atoms with Crippen molar-refractivity contribution in [3.63, 3.8) is 0 Å². The fraction of sp³-hybridized carbons (Fsp3) is 0.400. The van der Waals surface area contributed by atoms with Crippen LogP contribution < -0.4 is 21.1 Å². The molecule has 0 bridgehead atoms. The van der Waals surface area contributed by atoms with Gasteiger partial charge in [0.2, 0.25) is 17.8 Å². The van der Waals surface area contributed by atoms with Gasteiger partial charge < -0.3 is 15.5 Å². The molecule has 0 saturated carbocycles. The molecule has 1 aromatic heterocycles. The number of halogens is 3. The van der Waals surface area contributed by atoms with Crippen LogP contribution in [-0.4, -0.2) is 34.9 Å². The lowest BCUT2D eigenvalue weighted by molar-refractivity contribution is -0.137. The molecule has 4 rings (SSSR count). The third kappa shape index (κ3) is 4.25. The van der Waals surface area contributed by atoms with E-state index >= 15 is 0 Å². The quantitative estimate of drug-likeness (QED) is 0.687. The molecule has 1 fully saturated rings. The Morgan fingerprint density at radius 2 is 1.84 bits per heavy atom. The second-order valence-electron chi connectivity index (χ2n) is 7.54. The van der Waals surface area contributed by atoms with Gasteiger partial charge in [0, 0.05) is 19.5 Å². The zero-order valence-electron chi connectivity index (χ0n) is 16.4. The number of piperidine rings is 1. The number of aromatic amines is 1. The third-order valence-corrected chi connectivity index (χ3v) is 5.40. The van der Waals surface area contributed by atoms with Crippen LogP contribution in [0.1, 0.15) is 42.7 Å². The van der Waals surface area contributed by atoms with E-state index in [9.17, 15) is 27.6 Å². The number of anilines is 3. The van der Waals surface area contributed by atoms with Gasteiger partial charge >= 0.3 is 6.18 Å². The number of amides is 2. The van der Waals surface area contributed by atoms with E-state index in [1.54, 1.807) is 0 Å². The summed E-state index contributed by atoms with van der Waals surface area (Å²) in [5, 5.41) is 4.73. The van der Waals surface area contributed by atoms with Gasteiger partial charge in [0.25, 0.3) is 5.56 Å². The van der Waals surface area contributed by atoms with Gasteiger partial charge in [0.15, 0.2) is 0 Å². The van der Waals surface area contributed by atoms with Crippen LogP contribution in [0.15, 0.2) is 29.1 Å². The van der Waals surface area contributed by atoms with Gasteiger partial charge in [-0.15, -0.1) is 0 Å². The fourth-order valence-corrected chi connectivity index (χ4v) is 3.90. The van der Waals surface area contributed by atoms with Gasteiger partial charge in [-0.1, -0.05) is 12.1 Å². The van der Waals surface area contributed by atoms with Gasteiger partial charge in [0.05, 0.1) is 22.7 Å². The summed E-state index contributed by atoms with van der Waals surface area (Å²) in [6.45, 7) is 1.40. The van der Waals surface area contributed by atoms with Crippen LogP contribution in [0.3, 0.4) is 0 Å². The molecular weight excluding hydrogens is 415 g/mol. The minimum Gasteiger partial charge on any atom is -0.342 e. The number of aromatic nitrogens is 2. The van der Waals surface area contributed by atoms with Crippen LogP contribution in [0.5, 0.6) is 0 Å². The molecule has 0 spiro atoms. The lowest BCUT2D eigenvalue weighted by Gasteiger charge is -2.29. The highest BCUT2D eigenvalue weighted by molar-refractivity contribution is 6.04. The Morgan fingerprint density at radius 1 is 1.13 bits per heavy atom. The van der Waals surface area contributed by atoms with E-state index < -0.39 is 40.7 Å². The van der Waals surface area contributed by atoms with Crippen molar-refractivity contribution in [2.45, 2.75) is 37.8 Å². The van der Waals surface area contributed by atoms with E-state index in [4.69, 9.17) is 0 Å². The Hall–Kier alpha value is -3.37. The van der Waals surface area contributed by atoms with Crippen molar-refractivity contribution < 1.29 is 22.8 Å².